The van der Waals surface area contributed by atoms with Crippen molar-refractivity contribution in [1.29, 1.82) is 0 Å². The normalized spacial score (nSPS) is 10.9. The quantitative estimate of drug-likeness (QED) is 0.773. The number of sulfonamides is 1. The highest BCUT2D eigenvalue weighted by Gasteiger charge is 2.11. The van der Waals surface area contributed by atoms with Crippen LogP contribution in [-0.4, -0.2) is 34.3 Å². The zero-order valence-electron chi connectivity index (χ0n) is 15.1. The Hall–Kier alpha value is -2.74. The lowest BCUT2D eigenvalue weighted by Crippen LogP contribution is -2.20. The van der Waals surface area contributed by atoms with Gasteiger partial charge in [0.15, 0.2) is 6.61 Å². The molecule has 0 unspecified atom stereocenters. The lowest BCUT2D eigenvalue weighted by molar-refractivity contribution is -0.118. The van der Waals surface area contributed by atoms with E-state index in [-0.39, 0.29) is 18.2 Å². The van der Waals surface area contributed by atoms with Gasteiger partial charge in [-0.25, -0.2) is 8.42 Å². The van der Waals surface area contributed by atoms with Gasteiger partial charge in [0, 0.05) is 5.69 Å². The molecule has 0 aromatic heterocycles. The highest BCUT2D eigenvalue weighted by Crippen LogP contribution is 2.28. The Morgan fingerprint density at radius 3 is 2.46 bits per heavy atom. The van der Waals surface area contributed by atoms with Crippen molar-refractivity contribution in [2.75, 3.05) is 30.0 Å². The van der Waals surface area contributed by atoms with Gasteiger partial charge in [-0.1, -0.05) is 12.1 Å². The second-order valence-electron chi connectivity index (χ2n) is 5.90. The standard InChI is InChI=1S/C18H22N2O5S/c1-12-5-6-13(2)17(9-12)25-11-18(21)19-14-7-8-16(24-3)15(10-14)20-26(4,22)23/h5-10,20H,11H2,1-4H3,(H,19,21). The first kappa shape index (κ1) is 19.6. The largest absolute Gasteiger partial charge is 0.495 e. The number of hydrogen-bond acceptors (Lipinski definition) is 5. The minimum atomic E-state index is -3.48. The molecule has 2 aromatic carbocycles. The van der Waals surface area contributed by atoms with Crippen molar-refractivity contribution < 1.29 is 22.7 Å². The summed E-state index contributed by atoms with van der Waals surface area (Å²) in [6.45, 7) is 3.69. The molecule has 0 radical (unpaired) electrons. The van der Waals surface area contributed by atoms with E-state index in [4.69, 9.17) is 9.47 Å². The number of carbonyl (C=O) groups excluding carboxylic acids is 1. The fourth-order valence-corrected chi connectivity index (χ4v) is 2.83. The van der Waals surface area contributed by atoms with Gasteiger partial charge in [-0.2, -0.15) is 0 Å². The van der Waals surface area contributed by atoms with Crippen LogP contribution in [0.1, 0.15) is 11.1 Å². The number of anilines is 2. The van der Waals surface area contributed by atoms with E-state index in [9.17, 15) is 13.2 Å². The fourth-order valence-electron chi connectivity index (χ4n) is 2.27. The summed E-state index contributed by atoms with van der Waals surface area (Å²) in [6, 6.07) is 10.4. The van der Waals surface area contributed by atoms with Crippen molar-refractivity contribution in [3.63, 3.8) is 0 Å². The second-order valence-corrected chi connectivity index (χ2v) is 7.64. The van der Waals surface area contributed by atoms with Crippen LogP contribution >= 0.6 is 0 Å². The van der Waals surface area contributed by atoms with Crippen molar-refractivity contribution in [3.8, 4) is 11.5 Å². The average Bonchev–Trinajstić information content (AvgIpc) is 2.54. The van der Waals surface area contributed by atoms with Crippen LogP contribution in [0.3, 0.4) is 0 Å². The zero-order valence-corrected chi connectivity index (χ0v) is 15.9. The summed E-state index contributed by atoms with van der Waals surface area (Å²) in [5.41, 5.74) is 2.64. The van der Waals surface area contributed by atoms with Gasteiger partial charge in [0.25, 0.3) is 5.91 Å². The molecule has 0 saturated carbocycles. The molecule has 26 heavy (non-hydrogen) atoms. The van der Waals surface area contributed by atoms with Gasteiger partial charge in [-0.05, 0) is 49.2 Å². The second kappa shape index (κ2) is 8.09. The Morgan fingerprint density at radius 1 is 1.08 bits per heavy atom. The van der Waals surface area contributed by atoms with E-state index in [2.05, 4.69) is 10.0 Å². The summed E-state index contributed by atoms with van der Waals surface area (Å²) >= 11 is 0. The molecule has 0 heterocycles. The average molecular weight is 378 g/mol. The smallest absolute Gasteiger partial charge is 0.262 e. The molecule has 0 bridgehead atoms. The third kappa shape index (κ3) is 5.66. The highest BCUT2D eigenvalue weighted by atomic mass is 32.2. The Kier molecular flexibility index (Phi) is 6.10. The van der Waals surface area contributed by atoms with Crippen molar-refractivity contribution in [2.24, 2.45) is 0 Å². The molecule has 0 fully saturated rings. The Morgan fingerprint density at radius 2 is 1.81 bits per heavy atom. The number of amides is 1. The summed E-state index contributed by atoms with van der Waals surface area (Å²) in [5, 5.41) is 2.67. The van der Waals surface area contributed by atoms with Gasteiger partial charge in [-0.3, -0.25) is 9.52 Å². The van der Waals surface area contributed by atoms with Crippen LogP contribution in [-0.2, 0) is 14.8 Å². The van der Waals surface area contributed by atoms with Crippen molar-refractivity contribution in [1.82, 2.24) is 0 Å². The molecule has 0 aliphatic rings. The van der Waals surface area contributed by atoms with Gasteiger partial charge in [-0.15, -0.1) is 0 Å². The Labute approximate surface area is 153 Å². The topological polar surface area (TPSA) is 93.7 Å². The van der Waals surface area contributed by atoms with Gasteiger partial charge in [0.1, 0.15) is 11.5 Å². The predicted molar refractivity (Wildman–Crippen MR) is 102 cm³/mol. The van der Waals surface area contributed by atoms with Crippen LogP contribution in [0.4, 0.5) is 11.4 Å². The summed E-state index contributed by atoms with van der Waals surface area (Å²) in [6.07, 6.45) is 1.04. The van der Waals surface area contributed by atoms with Crippen LogP contribution < -0.4 is 19.5 Å². The van der Waals surface area contributed by atoms with E-state index < -0.39 is 10.0 Å². The lowest BCUT2D eigenvalue weighted by atomic mass is 10.1. The van der Waals surface area contributed by atoms with Crippen LogP contribution in [0, 0.1) is 13.8 Å². The molecular formula is C18H22N2O5S. The number of nitrogens with one attached hydrogen (secondary N) is 2. The molecule has 2 N–H and O–H groups in total. The molecular weight excluding hydrogens is 356 g/mol. The highest BCUT2D eigenvalue weighted by molar-refractivity contribution is 7.92. The molecule has 7 nitrogen and oxygen atoms in total. The molecule has 140 valence electrons. The molecule has 0 aliphatic carbocycles. The van der Waals surface area contributed by atoms with Crippen LogP contribution in [0.25, 0.3) is 0 Å². The third-order valence-electron chi connectivity index (χ3n) is 3.48. The number of benzene rings is 2. The maximum atomic E-state index is 12.1. The Balaban J connectivity index is 2.06. The van der Waals surface area contributed by atoms with Gasteiger partial charge >= 0.3 is 0 Å². The van der Waals surface area contributed by atoms with E-state index in [1.54, 1.807) is 12.1 Å². The Bertz CT molecular complexity index is 910. The first-order valence-electron chi connectivity index (χ1n) is 7.83. The first-order valence-corrected chi connectivity index (χ1v) is 9.73. The summed E-state index contributed by atoms with van der Waals surface area (Å²) < 4.78 is 35.9. The van der Waals surface area contributed by atoms with E-state index >= 15 is 0 Å². The minimum absolute atomic E-state index is 0.162. The number of hydrogen-bond donors (Lipinski definition) is 2. The van der Waals surface area contributed by atoms with Gasteiger partial charge in [0.2, 0.25) is 10.0 Å². The number of methoxy groups -OCH3 is 1. The molecule has 0 atom stereocenters. The van der Waals surface area contributed by atoms with E-state index in [0.29, 0.717) is 17.2 Å². The van der Waals surface area contributed by atoms with Crippen molar-refractivity contribution in [3.05, 3.63) is 47.5 Å². The van der Waals surface area contributed by atoms with Crippen molar-refractivity contribution >= 4 is 27.3 Å². The molecule has 2 aromatic rings. The monoisotopic (exact) mass is 378 g/mol. The predicted octanol–water partition coefficient (Wildman–Crippen LogP) is 2.70. The molecule has 1 amide bonds. The zero-order chi connectivity index (χ0) is 19.3. The summed E-state index contributed by atoms with van der Waals surface area (Å²) in [5.74, 6) is 0.635. The lowest BCUT2D eigenvalue weighted by Gasteiger charge is -2.13. The SMILES string of the molecule is COc1ccc(NC(=O)COc2cc(C)ccc2C)cc1NS(C)(=O)=O. The van der Waals surface area contributed by atoms with Crippen LogP contribution in [0.15, 0.2) is 36.4 Å². The third-order valence-corrected chi connectivity index (χ3v) is 4.07. The summed E-state index contributed by atoms with van der Waals surface area (Å²) in [4.78, 5) is 12.1. The van der Waals surface area contributed by atoms with E-state index in [1.165, 1.54) is 13.2 Å². The van der Waals surface area contributed by atoms with Crippen LogP contribution in [0.2, 0.25) is 0 Å². The van der Waals surface area contributed by atoms with E-state index in [1.807, 2.05) is 32.0 Å². The maximum Gasteiger partial charge on any atom is 0.262 e. The minimum Gasteiger partial charge on any atom is -0.495 e. The molecule has 0 saturated heterocycles. The molecule has 2 rings (SSSR count). The number of carbonyl (C=O) groups is 1. The summed E-state index contributed by atoms with van der Waals surface area (Å²) in [7, 11) is -2.05. The van der Waals surface area contributed by atoms with Gasteiger partial charge < -0.3 is 14.8 Å². The van der Waals surface area contributed by atoms with Crippen molar-refractivity contribution in [2.45, 2.75) is 13.8 Å². The first-order chi connectivity index (χ1) is 12.2. The van der Waals surface area contributed by atoms with E-state index in [0.717, 1.165) is 17.4 Å². The van der Waals surface area contributed by atoms with Gasteiger partial charge in [0.05, 0.1) is 19.1 Å². The number of aryl methyl sites for hydroxylation is 2. The number of rotatable bonds is 7. The molecule has 0 spiro atoms. The fraction of sp³-hybridized carbons (Fsp3) is 0.278. The molecule has 0 aliphatic heterocycles. The van der Waals surface area contributed by atoms with Crippen LogP contribution in [0.5, 0.6) is 11.5 Å². The molecule has 8 heteroatoms. The maximum absolute atomic E-state index is 12.1. The number of ether oxygens (including phenoxy) is 2.